The molecule has 1 aliphatic heterocycles. The van der Waals surface area contributed by atoms with Gasteiger partial charge in [-0.25, -0.2) is 14.0 Å². The Morgan fingerprint density at radius 2 is 2.15 bits per heavy atom. The molecule has 6 heterocycles. The van der Waals surface area contributed by atoms with Crippen LogP contribution in [-0.4, -0.2) is 60.3 Å². The Labute approximate surface area is 196 Å². The van der Waals surface area contributed by atoms with Crippen LogP contribution in [-0.2, 0) is 17.6 Å². The molecule has 0 unspecified atom stereocenters. The molecular formula is C25H25N7O2. The van der Waals surface area contributed by atoms with Gasteiger partial charge in [0.1, 0.15) is 6.04 Å². The number of hydrogen-bond acceptors (Lipinski definition) is 5. The third-order valence-electron chi connectivity index (χ3n) is 6.60. The zero-order valence-corrected chi connectivity index (χ0v) is 19.1. The van der Waals surface area contributed by atoms with Crippen molar-refractivity contribution in [3.63, 3.8) is 0 Å². The van der Waals surface area contributed by atoms with Crippen molar-refractivity contribution in [3.05, 3.63) is 89.0 Å². The van der Waals surface area contributed by atoms with Crippen LogP contribution < -0.4 is 0 Å². The third-order valence-corrected chi connectivity index (χ3v) is 6.60. The van der Waals surface area contributed by atoms with E-state index in [0.717, 1.165) is 45.7 Å². The molecule has 6 rings (SSSR count). The normalized spacial score (nSPS) is 15.8. The standard InChI is InChI=1S/C25H25N7O2/c1-16-4-3-9-31-22(16)12-20(29-31)24-23-19(26-15-27-23)7-10-30(24)25(33)18-13-28-32-14-17(8-11-34-2)5-6-21(18)32/h3-6,9,12-15,24H,7-8,10-11H2,1-2H3,(H,26,27)/t24-/m0/s1. The first-order valence-corrected chi connectivity index (χ1v) is 11.4. The lowest BCUT2D eigenvalue weighted by molar-refractivity contribution is 0.0689. The van der Waals surface area contributed by atoms with Crippen LogP contribution in [0.25, 0.3) is 11.0 Å². The molecule has 34 heavy (non-hydrogen) atoms. The van der Waals surface area contributed by atoms with Crippen LogP contribution in [0.1, 0.15) is 44.6 Å². The first-order valence-electron chi connectivity index (χ1n) is 11.4. The van der Waals surface area contributed by atoms with Gasteiger partial charge in [0.25, 0.3) is 5.91 Å². The fourth-order valence-corrected chi connectivity index (χ4v) is 4.82. The van der Waals surface area contributed by atoms with Crippen LogP contribution >= 0.6 is 0 Å². The van der Waals surface area contributed by atoms with Gasteiger partial charge in [0.2, 0.25) is 0 Å². The van der Waals surface area contributed by atoms with Crippen molar-refractivity contribution in [2.75, 3.05) is 20.3 Å². The van der Waals surface area contributed by atoms with Gasteiger partial charge in [-0.2, -0.15) is 10.2 Å². The highest BCUT2D eigenvalue weighted by Gasteiger charge is 2.37. The van der Waals surface area contributed by atoms with Gasteiger partial charge in [0.05, 0.1) is 47.1 Å². The van der Waals surface area contributed by atoms with E-state index in [-0.39, 0.29) is 11.9 Å². The molecule has 9 heteroatoms. The van der Waals surface area contributed by atoms with Crippen LogP contribution in [0.3, 0.4) is 0 Å². The number of fused-ring (bicyclic) bond motifs is 3. The molecule has 0 spiro atoms. The fraction of sp³-hybridized carbons (Fsp3) is 0.280. The summed E-state index contributed by atoms with van der Waals surface area (Å²) in [6.45, 7) is 3.26. The van der Waals surface area contributed by atoms with Gasteiger partial charge < -0.3 is 14.6 Å². The molecular weight excluding hydrogens is 430 g/mol. The smallest absolute Gasteiger partial charge is 0.258 e. The predicted octanol–water partition coefficient (Wildman–Crippen LogP) is 2.99. The van der Waals surface area contributed by atoms with Gasteiger partial charge >= 0.3 is 0 Å². The summed E-state index contributed by atoms with van der Waals surface area (Å²) in [6, 6.07) is 9.70. The number of pyridine rings is 2. The lowest BCUT2D eigenvalue weighted by Gasteiger charge is -2.33. The lowest BCUT2D eigenvalue weighted by Crippen LogP contribution is -2.41. The summed E-state index contributed by atoms with van der Waals surface area (Å²) in [4.78, 5) is 23.6. The highest BCUT2D eigenvalue weighted by molar-refractivity contribution is 6.01. The Balaban J connectivity index is 1.41. The SMILES string of the molecule is COCCc1ccc2c(C(=O)N3CCc4[nH]cnc4[C@@H]3c3cc4c(C)cccn4n3)cnn2c1. The molecule has 5 aromatic rings. The highest BCUT2D eigenvalue weighted by atomic mass is 16.5. The van der Waals surface area contributed by atoms with Crippen LogP contribution in [0.2, 0.25) is 0 Å². The molecule has 1 amide bonds. The Morgan fingerprint density at radius 3 is 3.00 bits per heavy atom. The maximum absolute atomic E-state index is 13.9. The number of rotatable bonds is 5. The number of aromatic nitrogens is 6. The number of imidazole rings is 1. The molecule has 0 saturated carbocycles. The van der Waals surface area contributed by atoms with Gasteiger partial charge in [-0.1, -0.05) is 12.1 Å². The van der Waals surface area contributed by atoms with E-state index in [4.69, 9.17) is 9.84 Å². The average molecular weight is 456 g/mol. The second kappa shape index (κ2) is 8.11. The number of aromatic amines is 1. The second-order valence-corrected chi connectivity index (χ2v) is 8.68. The molecule has 0 fully saturated rings. The van der Waals surface area contributed by atoms with Gasteiger partial charge in [0.15, 0.2) is 0 Å². The lowest BCUT2D eigenvalue weighted by atomic mass is 9.98. The van der Waals surface area contributed by atoms with Crippen molar-refractivity contribution in [2.24, 2.45) is 0 Å². The minimum absolute atomic E-state index is 0.0768. The summed E-state index contributed by atoms with van der Waals surface area (Å²) < 4.78 is 8.81. The van der Waals surface area contributed by atoms with Crippen molar-refractivity contribution < 1.29 is 9.53 Å². The number of hydrogen-bond donors (Lipinski definition) is 1. The molecule has 1 N–H and O–H groups in total. The molecule has 5 aromatic heterocycles. The van der Waals surface area contributed by atoms with E-state index < -0.39 is 0 Å². The topological polar surface area (TPSA) is 92.8 Å². The number of amides is 1. The van der Waals surface area contributed by atoms with E-state index >= 15 is 0 Å². The number of methoxy groups -OCH3 is 1. The zero-order valence-electron chi connectivity index (χ0n) is 19.1. The number of aryl methyl sites for hydroxylation is 1. The molecule has 0 aliphatic carbocycles. The third kappa shape index (κ3) is 3.28. The van der Waals surface area contributed by atoms with Crippen LogP contribution in [0.5, 0.6) is 0 Å². The minimum Gasteiger partial charge on any atom is -0.384 e. The summed E-state index contributed by atoms with van der Waals surface area (Å²) in [5, 5.41) is 9.30. The van der Waals surface area contributed by atoms with E-state index in [9.17, 15) is 4.79 Å². The molecule has 9 nitrogen and oxygen atoms in total. The van der Waals surface area contributed by atoms with Gasteiger partial charge in [0, 0.05) is 38.2 Å². The number of carbonyl (C=O) groups is 1. The number of carbonyl (C=O) groups excluding carboxylic acids is 1. The van der Waals surface area contributed by atoms with Crippen molar-refractivity contribution in [1.82, 2.24) is 34.1 Å². The molecule has 0 aromatic carbocycles. The Bertz CT molecular complexity index is 1510. The quantitative estimate of drug-likeness (QED) is 0.440. The molecule has 0 bridgehead atoms. The van der Waals surface area contributed by atoms with Crippen molar-refractivity contribution in [2.45, 2.75) is 25.8 Å². The number of ether oxygens (including phenoxy) is 1. The first-order chi connectivity index (χ1) is 16.6. The van der Waals surface area contributed by atoms with Gasteiger partial charge in [-0.3, -0.25) is 4.79 Å². The second-order valence-electron chi connectivity index (χ2n) is 8.68. The van der Waals surface area contributed by atoms with E-state index in [2.05, 4.69) is 34.1 Å². The minimum atomic E-state index is -0.377. The summed E-state index contributed by atoms with van der Waals surface area (Å²) in [5.41, 5.74) is 7.30. The van der Waals surface area contributed by atoms with E-state index in [0.29, 0.717) is 25.1 Å². The summed E-state index contributed by atoms with van der Waals surface area (Å²) in [5.74, 6) is -0.0768. The Hall–Kier alpha value is -3.98. The van der Waals surface area contributed by atoms with E-state index in [1.807, 2.05) is 40.0 Å². The number of nitrogens with one attached hydrogen (secondary N) is 1. The Kier molecular flexibility index (Phi) is 4.91. The van der Waals surface area contributed by atoms with Crippen LogP contribution in [0, 0.1) is 6.92 Å². The number of nitrogens with zero attached hydrogens (tertiary/aromatic N) is 6. The van der Waals surface area contributed by atoms with E-state index in [1.54, 1.807) is 24.1 Å². The largest absolute Gasteiger partial charge is 0.384 e. The monoisotopic (exact) mass is 455 g/mol. The van der Waals surface area contributed by atoms with Crippen molar-refractivity contribution in [3.8, 4) is 0 Å². The molecule has 1 atom stereocenters. The molecule has 1 aliphatic rings. The van der Waals surface area contributed by atoms with Crippen LogP contribution in [0.4, 0.5) is 0 Å². The molecule has 0 saturated heterocycles. The summed E-state index contributed by atoms with van der Waals surface area (Å²) in [6.07, 6.45) is 8.74. The average Bonchev–Trinajstić information content (AvgIpc) is 3.59. The molecule has 172 valence electrons. The zero-order chi connectivity index (χ0) is 23.2. The maximum Gasteiger partial charge on any atom is 0.258 e. The Morgan fingerprint density at radius 1 is 1.24 bits per heavy atom. The summed E-state index contributed by atoms with van der Waals surface area (Å²) in [7, 11) is 1.69. The summed E-state index contributed by atoms with van der Waals surface area (Å²) >= 11 is 0. The van der Waals surface area contributed by atoms with E-state index in [1.165, 1.54) is 0 Å². The molecule has 0 radical (unpaired) electrons. The van der Waals surface area contributed by atoms with Crippen molar-refractivity contribution in [1.29, 1.82) is 0 Å². The van der Waals surface area contributed by atoms with Crippen LogP contribution in [0.15, 0.2) is 55.2 Å². The highest BCUT2D eigenvalue weighted by Crippen LogP contribution is 2.35. The van der Waals surface area contributed by atoms with Gasteiger partial charge in [-0.15, -0.1) is 0 Å². The fourth-order valence-electron chi connectivity index (χ4n) is 4.82. The first kappa shape index (κ1) is 20.6. The maximum atomic E-state index is 13.9. The predicted molar refractivity (Wildman–Crippen MR) is 126 cm³/mol. The van der Waals surface area contributed by atoms with Crippen molar-refractivity contribution >= 4 is 16.9 Å². The number of H-pyrrole nitrogens is 1. The van der Waals surface area contributed by atoms with Gasteiger partial charge in [-0.05, 0) is 42.7 Å².